The van der Waals surface area contributed by atoms with E-state index < -0.39 is 6.10 Å². The van der Waals surface area contributed by atoms with Gasteiger partial charge in [0.1, 0.15) is 0 Å². The van der Waals surface area contributed by atoms with Crippen LogP contribution in [0.1, 0.15) is 18.1 Å². The van der Waals surface area contributed by atoms with Crippen LogP contribution in [0.2, 0.25) is 5.02 Å². The molecule has 0 aromatic heterocycles. The number of hydrogen-bond acceptors (Lipinski definition) is 4. The van der Waals surface area contributed by atoms with Crippen LogP contribution in [0.5, 0.6) is 0 Å². The lowest BCUT2D eigenvalue weighted by molar-refractivity contribution is 0.0300. The Balaban J connectivity index is 1.47. The van der Waals surface area contributed by atoms with E-state index in [1.54, 1.807) is 36.4 Å². The number of nitrogens with one attached hydrogen (secondary N) is 2. The maximum absolute atomic E-state index is 12.0. The van der Waals surface area contributed by atoms with Crippen molar-refractivity contribution in [1.82, 2.24) is 4.90 Å². The molecule has 0 bridgehead atoms. The maximum atomic E-state index is 12.0. The van der Waals surface area contributed by atoms with E-state index >= 15 is 0 Å². The number of ether oxygens (including phenoxy) is 1. The first-order chi connectivity index (χ1) is 13.1. The highest BCUT2D eigenvalue weighted by Crippen LogP contribution is 2.20. The summed E-state index contributed by atoms with van der Waals surface area (Å²) in [5, 5.41) is 16.5. The van der Waals surface area contributed by atoms with Gasteiger partial charge in [0.2, 0.25) is 0 Å². The smallest absolute Gasteiger partial charge is 0.323 e. The molecule has 1 atom stereocenters. The first kappa shape index (κ1) is 19.6. The molecule has 27 heavy (non-hydrogen) atoms. The normalized spacial score (nSPS) is 15.9. The van der Waals surface area contributed by atoms with E-state index in [-0.39, 0.29) is 6.03 Å². The lowest BCUT2D eigenvalue weighted by atomic mass is 10.1. The fraction of sp³-hybridized carbons (Fsp3) is 0.350. The molecule has 1 unspecified atom stereocenters. The van der Waals surface area contributed by atoms with Crippen LogP contribution in [0.3, 0.4) is 0 Å². The van der Waals surface area contributed by atoms with Gasteiger partial charge >= 0.3 is 6.03 Å². The molecule has 1 aliphatic rings. The zero-order valence-corrected chi connectivity index (χ0v) is 15.8. The molecular weight excluding hydrogens is 366 g/mol. The molecule has 1 saturated heterocycles. The average Bonchev–Trinajstić information content (AvgIpc) is 2.69. The van der Waals surface area contributed by atoms with Gasteiger partial charge in [0.15, 0.2) is 0 Å². The number of halogens is 1. The predicted molar refractivity (Wildman–Crippen MR) is 107 cm³/mol. The predicted octanol–water partition coefficient (Wildman–Crippen LogP) is 3.74. The number of aliphatic hydroxyl groups excluding tert-OH is 1. The van der Waals surface area contributed by atoms with Crippen molar-refractivity contribution >= 4 is 29.0 Å². The quantitative estimate of drug-likeness (QED) is 0.703. The molecule has 2 aromatic carbocycles. The Hall–Kier alpha value is -2.12. The summed E-state index contributed by atoms with van der Waals surface area (Å²) in [7, 11) is 0. The molecular formula is C20H24ClN3O3. The van der Waals surface area contributed by atoms with Crippen LogP contribution in [-0.2, 0) is 4.74 Å². The molecule has 1 fully saturated rings. The molecule has 0 aliphatic carbocycles. The molecule has 2 aromatic rings. The van der Waals surface area contributed by atoms with Crippen molar-refractivity contribution in [1.29, 1.82) is 0 Å². The Labute approximate surface area is 164 Å². The zero-order valence-electron chi connectivity index (χ0n) is 15.0. The number of carbonyl (C=O) groups excluding carboxylic acids is 1. The van der Waals surface area contributed by atoms with Crippen molar-refractivity contribution in [3.8, 4) is 0 Å². The van der Waals surface area contributed by atoms with Crippen molar-refractivity contribution in [2.75, 3.05) is 43.5 Å². The van der Waals surface area contributed by atoms with Gasteiger partial charge < -0.3 is 20.5 Å². The van der Waals surface area contributed by atoms with Crippen LogP contribution in [-0.4, -0.2) is 48.9 Å². The second kappa shape index (κ2) is 9.71. The van der Waals surface area contributed by atoms with E-state index in [9.17, 15) is 9.90 Å². The SMILES string of the molecule is O=C(Nc1ccc(Cl)cc1)Nc1ccc(C(O)CCN2CCOCC2)cc1. The van der Waals surface area contributed by atoms with Crippen LogP contribution in [0.4, 0.5) is 16.2 Å². The van der Waals surface area contributed by atoms with Crippen molar-refractivity contribution < 1.29 is 14.6 Å². The Morgan fingerprint density at radius 2 is 1.59 bits per heavy atom. The van der Waals surface area contributed by atoms with E-state index in [0.29, 0.717) is 22.8 Å². The number of amides is 2. The van der Waals surface area contributed by atoms with Crippen molar-refractivity contribution in [2.45, 2.75) is 12.5 Å². The lowest BCUT2D eigenvalue weighted by Crippen LogP contribution is -2.37. The van der Waals surface area contributed by atoms with Crippen LogP contribution >= 0.6 is 11.6 Å². The number of benzene rings is 2. The first-order valence-corrected chi connectivity index (χ1v) is 9.39. The highest BCUT2D eigenvalue weighted by Gasteiger charge is 2.14. The lowest BCUT2D eigenvalue weighted by Gasteiger charge is -2.27. The van der Waals surface area contributed by atoms with E-state index in [4.69, 9.17) is 16.3 Å². The van der Waals surface area contributed by atoms with E-state index in [1.807, 2.05) is 12.1 Å². The summed E-state index contributed by atoms with van der Waals surface area (Å²) in [5.74, 6) is 0. The summed E-state index contributed by atoms with van der Waals surface area (Å²) in [6, 6.07) is 13.8. The third-order valence-electron chi connectivity index (χ3n) is 4.48. The number of hydrogen-bond donors (Lipinski definition) is 3. The van der Waals surface area contributed by atoms with Crippen molar-refractivity contribution in [3.63, 3.8) is 0 Å². The number of rotatable bonds is 6. The molecule has 0 saturated carbocycles. The maximum Gasteiger partial charge on any atom is 0.323 e. The zero-order chi connectivity index (χ0) is 19.1. The fourth-order valence-corrected chi connectivity index (χ4v) is 3.04. The molecule has 3 rings (SSSR count). The van der Waals surface area contributed by atoms with Gasteiger partial charge in [0.25, 0.3) is 0 Å². The van der Waals surface area contributed by atoms with Gasteiger partial charge in [-0.05, 0) is 48.4 Å². The van der Waals surface area contributed by atoms with Gasteiger partial charge in [-0.2, -0.15) is 0 Å². The number of carbonyl (C=O) groups is 1. The Morgan fingerprint density at radius 3 is 2.19 bits per heavy atom. The highest BCUT2D eigenvalue weighted by atomic mass is 35.5. The molecule has 1 aliphatic heterocycles. The summed E-state index contributed by atoms with van der Waals surface area (Å²) >= 11 is 5.83. The highest BCUT2D eigenvalue weighted by molar-refractivity contribution is 6.30. The molecule has 144 valence electrons. The van der Waals surface area contributed by atoms with Crippen LogP contribution < -0.4 is 10.6 Å². The second-order valence-corrected chi connectivity index (χ2v) is 6.90. The van der Waals surface area contributed by atoms with Crippen LogP contribution in [0, 0.1) is 0 Å². The first-order valence-electron chi connectivity index (χ1n) is 9.02. The number of nitrogens with zero attached hydrogens (tertiary/aromatic N) is 1. The Kier molecular flexibility index (Phi) is 7.06. The van der Waals surface area contributed by atoms with Gasteiger partial charge in [0.05, 0.1) is 19.3 Å². The monoisotopic (exact) mass is 389 g/mol. The molecule has 7 heteroatoms. The van der Waals surface area contributed by atoms with Gasteiger partial charge in [-0.25, -0.2) is 4.79 Å². The Morgan fingerprint density at radius 1 is 1.04 bits per heavy atom. The van der Waals surface area contributed by atoms with Gasteiger partial charge in [0, 0.05) is 36.0 Å². The van der Waals surface area contributed by atoms with Crippen molar-refractivity contribution in [3.05, 3.63) is 59.1 Å². The van der Waals surface area contributed by atoms with E-state index in [0.717, 1.165) is 38.4 Å². The summed E-state index contributed by atoms with van der Waals surface area (Å²) < 4.78 is 5.33. The summed E-state index contributed by atoms with van der Waals surface area (Å²) in [6.07, 6.45) is 0.147. The summed E-state index contributed by atoms with van der Waals surface area (Å²) in [4.78, 5) is 14.3. The third kappa shape index (κ3) is 6.22. The standard InChI is InChI=1S/C20H24ClN3O3/c21-16-3-7-18(8-4-16)23-20(26)22-17-5-1-15(2-6-17)19(25)9-10-24-11-13-27-14-12-24/h1-8,19,25H,9-14H2,(H2,22,23,26). The molecule has 3 N–H and O–H groups in total. The van der Waals surface area contributed by atoms with E-state index in [1.165, 1.54) is 0 Å². The number of aliphatic hydroxyl groups is 1. The molecule has 0 radical (unpaired) electrons. The third-order valence-corrected chi connectivity index (χ3v) is 4.73. The minimum absolute atomic E-state index is 0.335. The van der Waals surface area contributed by atoms with Gasteiger partial charge in [-0.15, -0.1) is 0 Å². The average molecular weight is 390 g/mol. The van der Waals surface area contributed by atoms with Crippen LogP contribution in [0.15, 0.2) is 48.5 Å². The largest absolute Gasteiger partial charge is 0.388 e. The summed E-state index contributed by atoms with van der Waals surface area (Å²) in [6.45, 7) is 4.19. The number of urea groups is 1. The van der Waals surface area contributed by atoms with Gasteiger partial charge in [-0.1, -0.05) is 23.7 Å². The van der Waals surface area contributed by atoms with Gasteiger partial charge in [-0.3, -0.25) is 4.90 Å². The molecule has 6 nitrogen and oxygen atoms in total. The topological polar surface area (TPSA) is 73.8 Å². The number of morpholine rings is 1. The number of anilines is 2. The molecule has 0 spiro atoms. The minimum atomic E-state index is -0.523. The van der Waals surface area contributed by atoms with Crippen molar-refractivity contribution in [2.24, 2.45) is 0 Å². The molecule has 2 amide bonds. The minimum Gasteiger partial charge on any atom is -0.388 e. The fourth-order valence-electron chi connectivity index (χ4n) is 2.91. The molecule has 1 heterocycles. The second-order valence-electron chi connectivity index (χ2n) is 6.47. The Bertz CT molecular complexity index is 731. The van der Waals surface area contributed by atoms with E-state index in [2.05, 4.69) is 15.5 Å². The van der Waals surface area contributed by atoms with Crippen LogP contribution in [0.25, 0.3) is 0 Å². The summed E-state index contributed by atoms with van der Waals surface area (Å²) in [5.41, 5.74) is 2.16.